The molecule has 1 saturated heterocycles. The standard InChI is InChI=1S/C13H23N3O4/c1-2-3-6-10(12(18)19)15-13(20)14-9-11(17)16-7-4-5-8-16/h10H,2-9H2,1H3,(H,18,19)(H2,14,15,20)/t10-/m0/s1. The summed E-state index contributed by atoms with van der Waals surface area (Å²) in [6, 6.07) is -1.52. The Balaban J connectivity index is 2.30. The summed E-state index contributed by atoms with van der Waals surface area (Å²) in [6.07, 6.45) is 3.97. The molecule has 3 amide bonds. The molecule has 3 N–H and O–H groups in total. The maximum absolute atomic E-state index is 11.7. The maximum atomic E-state index is 11.7. The first-order chi connectivity index (χ1) is 9.54. The molecule has 1 aliphatic rings. The number of carboxylic acid groups (broad SMARTS) is 1. The largest absolute Gasteiger partial charge is 0.480 e. The Hall–Kier alpha value is -1.79. The Kier molecular flexibility index (Phi) is 6.83. The Morgan fingerprint density at radius 2 is 1.90 bits per heavy atom. The van der Waals surface area contributed by atoms with Crippen LogP contribution in [-0.2, 0) is 9.59 Å². The van der Waals surface area contributed by atoms with Crippen LogP contribution in [0.3, 0.4) is 0 Å². The minimum atomic E-state index is -1.06. The van der Waals surface area contributed by atoms with Gasteiger partial charge in [0.1, 0.15) is 6.04 Å². The number of carbonyl (C=O) groups is 3. The molecular weight excluding hydrogens is 262 g/mol. The average molecular weight is 285 g/mol. The van der Waals surface area contributed by atoms with E-state index in [1.165, 1.54) is 0 Å². The molecule has 0 aromatic heterocycles. The topological polar surface area (TPSA) is 98.7 Å². The second-order valence-corrected chi connectivity index (χ2v) is 4.95. The van der Waals surface area contributed by atoms with Crippen molar-refractivity contribution in [2.75, 3.05) is 19.6 Å². The third-order valence-corrected chi connectivity index (χ3v) is 3.31. The Labute approximate surface area is 118 Å². The lowest BCUT2D eigenvalue weighted by molar-refractivity contribution is -0.139. The predicted molar refractivity (Wildman–Crippen MR) is 73.3 cm³/mol. The normalized spacial score (nSPS) is 15.8. The first kappa shape index (κ1) is 16.3. The molecule has 1 aliphatic heterocycles. The van der Waals surface area contributed by atoms with E-state index in [-0.39, 0.29) is 12.5 Å². The fourth-order valence-corrected chi connectivity index (χ4v) is 2.11. The van der Waals surface area contributed by atoms with Gasteiger partial charge in [0.05, 0.1) is 6.54 Å². The Morgan fingerprint density at radius 3 is 2.45 bits per heavy atom. The van der Waals surface area contributed by atoms with Gasteiger partial charge in [0.2, 0.25) is 5.91 Å². The molecule has 0 radical (unpaired) electrons. The summed E-state index contributed by atoms with van der Waals surface area (Å²) < 4.78 is 0. The predicted octanol–water partition coefficient (Wildman–Crippen LogP) is 0.551. The third kappa shape index (κ3) is 5.46. The van der Waals surface area contributed by atoms with Crippen LogP contribution in [0.15, 0.2) is 0 Å². The number of amides is 3. The van der Waals surface area contributed by atoms with Crippen LogP contribution in [0.25, 0.3) is 0 Å². The average Bonchev–Trinajstić information content (AvgIpc) is 2.94. The minimum Gasteiger partial charge on any atom is -0.480 e. The van der Waals surface area contributed by atoms with Crippen molar-refractivity contribution in [2.45, 2.75) is 45.1 Å². The summed E-state index contributed by atoms with van der Waals surface area (Å²) in [7, 11) is 0. The van der Waals surface area contributed by atoms with Gasteiger partial charge in [0.15, 0.2) is 0 Å². The molecule has 7 heteroatoms. The van der Waals surface area contributed by atoms with Crippen molar-refractivity contribution in [1.82, 2.24) is 15.5 Å². The molecule has 0 aromatic rings. The van der Waals surface area contributed by atoms with Crippen molar-refractivity contribution in [2.24, 2.45) is 0 Å². The number of hydrogen-bond donors (Lipinski definition) is 3. The van der Waals surface area contributed by atoms with E-state index in [1.54, 1.807) is 4.90 Å². The highest BCUT2D eigenvalue weighted by atomic mass is 16.4. The van der Waals surface area contributed by atoms with E-state index in [9.17, 15) is 14.4 Å². The van der Waals surface area contributed by atoms with Crippen molar-refractivity contribution < 1.29 is 19.5 Å². The van der Waals surface area contributed by atoms with Crippen LogP contribution in [0.4, 0.5) is 4.79 Å². The van der Waals surface area contributed by atoms with Gasteiger partial charge in [-0.25, -0.2) is 9.59 Å². The van der Waals surface area contributed by atoms with Gasteiger partial charge in [-0.15, -0.1) is 0 Å². The number of carbonyl (C=O) groups excluding carboxylic acids is 2. The van der Waals surface area contributed by atoms with E-state index >= 15 is 0 Å². The maximum Gasteiger partial charge on any atom is 0.326 e. The van der Waals surface area contributed by atoms with Crippen molar-refractivity contribution >= 4 is 17.9 Å². The third-order valence-electron chi connectivity index (χ3n) is 3.31. The van der Waals surface area contributed by atoms with Crippen LogP contribution >= 0.6 is 0 Å². The van der Waals surface area contributed by atoms with Gasteiger partial charge in [0.25, 0.3) is 0 Å². The first-order valence-corrected chi connectivity index (χ1v) is 7.09. The van der Waals surface area contributed by atoms with E-state index in [0.717, 1.165) is 38.8 Å². The number of unbranched alkanes of at least 4 members (excludes halogenated alkanes) is 1. The van der Waals surface area contributed by atoms with Crippen molar-refractivity contribution in [3.05, 3.63) is 0 Å². The van der Waals surface area contributed by atoms with Gasteiger partial charge in [-0.2, -0.15) is 0 Å². The van der Waals surface area contributed by atoms with E-state index < -0.39 is 18.0 Å². The van der Waals surface area contributed by atoms with Gasteiger partial charge in [-0.05, 0) is 19.3 Å². The molecule has 0 saturated carbocycles. The number of rotatable bonds is 7. The zero-order valence-corrected chi connectivity index (χ0v) is 11.9. The highest BCUT2D eigenvalue weighted by molar-refractivity contribution is 5.86. The zero-order valence-electron chi connectivity index (χ0n) is 11.9. The number of nitrogens with zero attached hydrogens (tertiary/aromatic N) is 1. The number of urea groups is 1. The monoisotopic (exact) mass is 285 g/mol. The molecule has 1 fully saturated rings. The molecule has 0 spiro atoms. The molecule has 0 bridgehead atoms. The molecule has 0 aliphatic carbocycles. The highest BCUT2D eigenvalue weighted by Gasteiger charge is 2.21. The van der Waals surface area contributed by atoms with Gasteiger partial charge >= 0.3 is 12.0 Å². The van der Waals surface area contributed by atoms with Crippen LogP contribution in [0.5, 0.6) is 0 Å². The molecule has 7 nitrogen and oxygen atoms in total. The molecule has 1 heterocycles. The quantitative estimate of drug-likeness (QED) is 0.636. The van der Waals surface area contributed by atoms with Crippen LogP contribution in [0.1, 0.15) is 39.0 Å². The number of aliphatic carboxylic acids is 1. The number of hydrogen-bond acceptors (Lipinski definition) is 3. The molecule has 0 unspecified atom stereocenters. The smallest absolute Gasteiger partial charge is 0.326 e. The summed E-state index contributed by atoms with van der Waals surface area (Å²) in [4.78, 5) is 36.0. The van der Waals surface area contributed by atoms with Crippen molar-refractivity contribution in [1.29, 1.82) is 0 Å². The number of nitrogens with one attached hydrogen (secondary N) is 2. The van der Waals surface area contributed by atoms with Gasteiger partial charge in [-0.1, -0.05) is 19.8 Å². The molecule has 114 valence electrons. The molecule has 20 heavy (non-hydrogen) atoms. The van der Waals surface area contributed by atoms with E-state index in [0.29, 0.717) is 6.42 Å². The lowest BCUT2D eigenvalue weighted by Gasteiger charge is -2.17. The second kappa shape index (κ2) is 8.39. The summed E-state index contributed by atoms with van der Waals surface area (Å²) in [5, 5.41) is 13.8. The highest BCUT2D eigenvalue weighted by Crippen LogP contribution is 2.06. The summed E-state index contributed by atoms with van der Waals surface area (Å²) in [6.45, 7) is 3.33. The molecule has 1 rings (SSSR count). The van der Waals surface area contributed by atoms with Crippen LogP contribution in [-0.4, -0.2) is 53.6 Å². The molecular formula is C13H23N3O4. The summed E-state index contributed by atoms with van der Waals surface area (Å²) in [5.74, 6) is -1.18. The minimum absolute atomic E-state index is 0.0913. The fourth-order valence-electron chi connectivity index (χ4n) is 2.11. The Bertz CT molecular complexity index is 354. The molecule has 0 aromatic carbocycles. The summed E-state index contributed by atoms with van der Waals surface area (Å²) >= 11 is 0. The lowest BCUT2D eigenvalue weighted by Crippen LogP contribution is -2.48. The van der Waals surface area contributed by atoms with E-state index in [2.05, 4.69) is 10.6 Å². The SMILES string of the molecule is CCCC[C@H](NC(=O)NCC(=O)N1CCCC1)C(=O)O. The number of carboxylic acids is 1. The van der Waals surface area contributed by atoms with Crippen LogP contribution in [0.2, 0.25) is 0 Å². The number of likely N-dealkylation sites (tertiary alicyclic amines) is 1. The van der Waals surface area contributed by atoms with Gasteiger partial charge in [0, 0.05) is 13.1 Å². The first-order valence-electron chi connectivity index (χ1n) is 7.09. The van der Waals surface area contributed by atoms with Gasteiger partial charge in [-0.3, -0.25) is 4.79 Å². The fraction of sp³-hybridized carbons (Fsp3) is 0.769. The van der Waals surface area contributed by atoms with E-state index in [4.69, 9.17) is 5.11 Å². The van der Waals surface area contributed by atoms with Crippen LogP contribution < -0.4 is 10.6 Å². The molecule has 1 atom stereocenters. The van der Waals surface area contributed by atoms with Gasteiger partial charge < -0.3 is 20.6 Å². The zero-order chi connectivity index (χ0) is 15.0. The second-order valence-electron chi connectivity index (χ2n) is 4.95. The summed E-state index contributed by atoms with van der Waals surface area (Å²) in [5.41, 5.74) is 0. The van der Waals surface area contributed by atoms with E-state index in [1.807, 2.05) is 6.92 Å². The Morgan fingerprint density at radius 1 is 1.25 bits per heavy atom. The van der Waals surface area contributed by atoms with Crippen molar-refractivity contribution in [3.63, 3.8) is 0 Å². The van der Waals surface area contributed by atoms with Crippen LogP contribution in [0, 0.1) is 0 Å². The lowest BCUT2D eigenvalue weighted by atomic mass is 10.1. The van der Waals surface area contributed by atoms with Crippen molar-refractivity contribution in [3.8, 4) is 0 Å².